The fourth-order valence-corrected chi connectivity index (χ4v) is 10.3. The van der Waals surface area contributed by atoms with Gasteiger partial charge in [-0.25, -0.2) is 4.98 Å². The number of hydrogen-bond acceptors (Lipinski definition) is 7. The number of carbonyl (C=O) groups is 4. The van der Waals surface area contributed by atoms with Crippen LogP contribution in [0.1, 0.15) is 67.6 Å². The number of phenols is 1. The molecule has 0 unspecified atom stereocenters. The van der Waals surface area contributed by atoms with Gasteiger partial charge in [0.1, 0.15) is 5.75 Å². The molecule has 2 saturated carbocycles. The number of halogens is 6. The van der Waals surface area contributed by atoms with Crippen molar-refractivity contribution >= 4 is 68.6 Å². The van der Waals surface area contributed by atoms with Crippen LogP contribution in [0.15, 0.2) is 70.8 Å². The first kappa shape index (κ1) is 36.1. The van der Waals surface area contributed by atoms with Crippen molar-refractivity contribution in [2.24, 2.45) is 23.7 Å². The van der Waals surface area contributed by atoms with Gasteiger partial charge in [0.15, 0.2) is 5.82 Å². The van der Waals surface area contributed by atoms with Gasteiger partial charge >= 0.3 is 6.18 Å². The minimum Gasteiger partial charge on any atom is -0.508 e. The van der Waals surface area contributed by atoms with E-state index < -0.39 is 63.6 Å². The summed E-state index contributed by atoms with van der Waals surface area (Å²) in [4.78, 5) is 63.8. The molecule has 8 rings (SSSR count). The summed E-state index contributed by atoms with van der Waals surface area (Å²) >= 11 is 16.1. The molecule has 3 heterocycles. The first-order valence-electron chi connectivity index (χ1n) is 17.4. The number of allylic oxidation sites excluding steroid dienone is 2. The van der Waals surface area contributed by atoms with Crippen LogP contribution in [0.4, 0.5) is 19.0 Å². The lowest BCUT2D eigenvalue weighted by molar-refractivity contribution is -0.144. The van der Waals surface area contributed by atoms with E-state index in [4.69, 9.17) is 23.2 Å². The molecule has 276 valence electrons. The van der Waals surface area contributed by atoms with Crippen molar-refractivity contribution in [1.82, 2.24) is 14.9 Å². The van der Waals surface area contributed by atoms with Crippen molar-refractivity contribution in [2.75, 3.05) is 5.43 Å². The maximum absolute atomic E-state index is 15.3. The highest BCUT2D eigenvalue weighted by atomic mass is 79.9. The number of alkyl halides is 3. The van der Waals surface area contributed by atoms with Crippen molar-refractivity contribution in [3.05, 3.63) is 97.6 Å². The van der Waals surface area contributed by atoms with Crippen molar-refractivity contribution in [3.63, 3.8) is 0 Å². The van der Waals surface area contributed by atoms with Crippen LogP contribution in [0.5, 0.6) is 5.75 Å². The van der Waals surface area contributed by atoms with Crippen LogP contribution in [-0.4, -0.2) is 49.7 Å². The molecule has 2 saturated heterocycles. The smallest absolute Gasteiger partial charge is 0.417 e. The SMILES string of the molecule is O=C1[C@@H]2C[C@@H]3C(=CC[C@@H]4C(=O)N(C5CCCCC5)C(=O)[C@@H]43)[C@H](c3cc(Br)ccc3O)[C@]2(c2ccc(Cl)cc2)C(=O)N1Nc1ncc(C(F)(F)F)cc1Cl. The van der Waals surface area contributed by atoms with Gasteiger partial charge in [0.2, 0.25) is 11.8 Å². The Bertz CT molecular complexity index is 2090. The zero-order valence-corrected chi connectivity index (χ0v) is 31.0. The Balaban J connectivity index is 1.30. The van der Waals surface area contributed by atoms with Crippen molar-refractivity contribution < 1.29 is 37.5 Å². The second-order valence-corrected chi connectivity index (χ2v) is 16.2. The second kappa shape index (κ2) is 13.1. The van der Waals surface area contributed by atoms with Crippen molar-refractivity contribution in [2.45, 2.75) is 68.5 Å². The van der Waals surface area contributed by atoms with Crippen LogP contribution in [0.25, 0.3) is 0 Å². The number of aromatic hydroxyl groups is 1. The Hall–Kier alpha value is -3.94. The molecule has 15 heteroatoms. The van der Waals surface area contributed by atoms with Crippen LogP contribution in [0.3, 0.4) is 0 Å². The summed E-state index contributed by atoms with van der Waals surface area (Å²) in [5.41, 5.74) is 1.09. The van der Waals surface area contributed by atoms with E-state index in [0.717, 1.165) is 37.1 Å². The molecule has 2 aromatic carbocycles. The van der Waals surface area contributed by atoms with Gasteiger partial charge in [-0.2, -0.15) is 18.2 Å². The molecule has 2 N–H and O–H groups in total. The predicted molar refractivity (Wildman–Crippen MR) is 191 cm³/mol. The van der Waals surface area contributed by atoms with E-state index in [2.05, 4.69) is 26.3 Å². The number of fused-ring (bicyclic) bond motifs is 4. The van der Waals surface area contributed by atoms with Crippen molar-refractivity contribution in [3.8, 4) is 5.75 Å². The van der Waals surface area contributed by atoms with Crippen molar-refractivity contribution in [1.29, 1.82) is 0 Å². The molecular formula is C38H32BrCl2F3N4O5. The topological polar surface area (TPSA) is 120 Å². The first-order chi connectivity index (χ1) is 25.2. The summed E-state index contributed by atoms with van der Waals surface area (Å²) < 4.78 is 40.9. The number of aromatic nitrogens is 1. The third-order valence-electron chi connectivity index (χ3n) is 11.8. The molecule has 6 atom stereocenters. The molecule has 0 bridgehead atoms. The van der Waals surface area contributed by atoms with Gasteiger partial charge in [0.25, 0.3) is 11.8 Å². The minimum absolute atomic E-state index is 0.00462. The quantitative estimate of drug-likeness (QED) is 0.197. The molecule has 0 radical (unpaired) electrons. The summed E-state index contributed by atoms with van der Waals surface area (Å²) in [6.07, 6.45) is 2.24. The van der Waals surface area contributed by atoms with Gasteiger partial charge < -0.3 is 5.11 Å². The summed E-state index contributed by atoms with van der Waals surface area (Å²) in [6.45, 7) is 0. The average molecular weight is 833 g/mol. The lowest BCUT2D eigenvalue weighted by atomic mass is 9.49. The van der Waals surface area contributed by atoms with Crippen LogP contribution in [0.2, 0.25) is 10.0 Å². The van der Waals surface area contributed by atoms with Gasteiger partial charge in [0, 0.05) is 33.2 Å². The highest BCUT2D eigenvalue weighted by Crippen LogP contribution is 2.65. The summed E-state index contributed by atoms with van der Waals surface area (Å²) in [5.74, 6) is -6.82. The molecular weight excluding hydrogens is 800 g/mol. The lowest BCUT2D eigenvalue weighted by Crippen LogP contribution is -2.53. The van der Waals surface area contributed by atoms with Gasteiger partial charge in [0.05, 0.1) is 33.8 Å². The van der Waals surface area contributed by atoms with E-state index in [1.807, 2.05) is 6.08 Å². The number of hydrogen-bond donors (Lipinski definition) is 2. The Morgan fingerprint density at radius 2 is 1.64 bits per heavy atom. The van der Waals surface area contributed by atoms with E-state index in [0.29, 0.717) is 38.5 Å². The molecule has 3 aromatic rings. The molecule has 9 nitrogen and oxygen atoms in total. The number of likely N-dealkylation sites (tertiary alicyclic amines) is 1. The third-order valence-corrected chi connectivity index (χ3v) is 12.9. The molecule has 4 amide bonds. The number of benzene rings is 2. The Morgan fingerprint density at radius 3 is 2.32 bits per heavy atom. The molecule has 0 spiro atoms. The van der Waals surface area contributed by atoms with E-state index in [-0.39, 0.29) is 42.3 Å². The number of pyridine rings is 1. The highest BCUT2D eigenvalue weighted by Gasteiger charge is 2.71. The van der Waals surface area contributed by atoms with E-state index in [1.165, 1.54) is 11.0 Å². The van der Waals surface area contributed by atoms with Gasteiger partial charge in [-0.1, -0.05) is 82.2 Å². The zero-order chi connectivity index (χ0) is 37.6. The minimum atomic E-state index is -4.74. The number of imide groups is 2. The number of hydrazine groups is 1. The molecule has 1 aromatic heterocycles. The number of amides is 4. The number of carbonyl (C=O) groups excluding carboxylic acids is 4. The van der Waals surface area contributed by atoms with Gasteiger partial charge in [-0.3, -0.25) is 29.5 Å². The largest absolute Gasteiger partial charge is 0.508 e. The molecule has 4 fully saturated rings. The highest BCUT2D eigenvalue weighted by molar-refractivity contribution is 9.10. The fraction of sp³-hybridized carbons (Fsp3) is 0.395. The maximum Gasteiger partial charge on any atom is 0.417 e. The van der Waals surface area contributed by atoms with Crippen LogP contribution in [-0.2, 0) is 30.8 Å². The zero-order valence-electron chi connectivity index (χ0n) is 27.9. The van der Waals surface area contributed by atoms with Crippen LogP contribution < -0.4 is 5.43 Å². The normalized spacial score (nSPS) is 28.9. The summed E-state index contributed by atoms with van der Waals surface area (Å²) in [6, 6.07) is 11.7. The number of nitrogens with zero attached hydrogens (tertiary/aromatic N) is 3. The lowest BCUT2D eigenvalue weighted by Gasteiger charge is -2.50. The van der Waals surface area contributed by atoms with Gasteiger partial charge in [-0.15, -0.1) is 0 Å². The maximum atomic E-state index is 15.3. The monoisotopic (exact) mass is 830 g/mol. The number of anilines is 1. The van der Waals surface area contributed by atoms with E-state index in [9.17, 15) is 32.7 Å². The fourth-order valence-electron chi connectivity index (χ4n) is 9.61. The standard InChI is InChI=1S/C38H32BrCl2F3N4O5/c39-20-8-13-29(49)26(15-20)31-23-11-12-24-30(35(52)47(33(24)50)22-4-2-1-3-5-22)25(23)16-27-34(51)48(36(53)37(27,31)18-6-9-21(40)10-7-18)46-32-28(41)14-19(17-45-32)38(42,43)44/h6-11,13-15,17,22,24-25,27,30-31,49H,1-5,12,16H2,(H,45,46)/t24-,25+,27-,30-,31+,37+/m0/s1. The van der Waals surface area contributed by atoms with Crippen LogP contribution in [0, 0.1) is 23.7 Å². The van der Waals surface area contributed by atoms with E-state index >= 15 is 4.79 Å². The molecule has 3 aliphatic carbocycles. The third kappa shape index (κ3) is 5.59. The molecule has 2 aliphatic heterocycles. The predicted octanol–water partition coefficient (Wildman–Crippen LogP) is 8.19. The summed E-state index contributed by atoms with van der Waals surface area (Å²) in [5, 5.41) is 12.2. The number of phenolic OH excluding ortho intramolecular Hbond substituents is 1. The first-order valence-corrected chi connectivity index (χ1v) is 19.0. The molecule has 53 heavy (non-hydrogen) atoms. The van der Waals surface area contributed by atoms with E-state index in [1.54, 1.807) is 36.4 Å². The number of nitrogens with one attached hydrogen (secondary N) is 1. The molecule has 5 aliphatic rings. The van der Waals surface area contributed by atoms with Gasteiger partial charge in [-0.05, 0) is 73.6 Å². The average Bonchev–Trinajstić information content (AvgIpc) is 3.51. The Labute approximate surface area is 320 Å². The Kier molecular flexibility index (Phi) is 8.93. The summed E-state index contributed by atoms with van der Waals surface area (Å²) in [7, 11) is 0. The second-order valence-electron chi connectivity index (χ2n) is 14.5. The Morgan fingerprint density at radius 1 is 0.925 bits per heavy atom. The van der Waals surface area contributed by atoms with Crippen LogP contribution >= 0.6 is 39.1 Å². The number of rotatable bonds is 5.